The molecular weight excluding hydrogens is 459 g/mol. The zero-order chi connectivity index (χ0) is 24.7. The molecule has 0 bridgehead atoms. The van der Waals surface area contributed by atoms with Crippen LogP contribution in [0, 0.1) is 5.82 Å². The van der Waals surface area contributed by atoms with Crippen molar-refractivity contribution in [3.63, 3.8) is 0 Å². The van der Waals surface area contributed by atoms with Gasteiger partial charge in [0.1, 0.15) is 12.4 Å². The van der Waals surface area contributed by atoms with Crippen molar-refractivity contribution in [3.8, 4) is 0 Å². The van der Waals surface area contributed by atoms with E-state index >= 15 is 0 Å². The van der Waals surface area contributed by atoms with Gasteiger partial charge in [-0.25, -0.2) is 14.0 Å². The lowest BCUT2D eigenvalue weighted by Crippen LogP contribution is -2.47. The van der Waals surface area contributed by atoms with Gasteiger partial charge in [0.05, 0.1) is 23.9 Å². The first-order valence-electron chi connectivity index (χ1n) is 10.7. The number of nitrogens with zero attached hydrogens (tertiary/aromatic N) is 1. The lowest BCUT2D eigenvalue weighted by Gasteiger charge is -2.37. The number of allylic oxidation sites excluding steroid dienone is 1. The molecule has 3 rings (SSSR count). The van der Waals surface area contributed by atoms with Gasteiger partial charge in [0, 0.05) is 25.0 Å². The van der Waals surface area contributed by atoms with E-state index in [0.29, 0.717) is 34.2 Å². The number of carbonyl (C=O) groups excluding carboxylic acids is 2. The summed E-state index contributed by atoms with van der Waals surface area (Å²) in [5.74, 6) is -1.02. The fourth-order valence-corrected chi connectivity index (χ4v) is 4.00. The first-order chi connectivity index (χ1) is 16.3. The molecule has 0 radical (unpaired) electrons. The second kappa shape index (κ2) is 11.6. The smallest absolute Gasteiger partial charge is 0.338 e. The molecule has 0 aliphatic carbocycles. The van der Waals surface area contributed by atoms with Gasteiger partial charge in [-0.2, -0.15) is 0 Å². The highest BCUT2D eigenvalue weighted by molar-refractivity contribution is 7.80. The molecule has 0 spiro atoms. The highest BCUT2D eigenvalue weighted by Gasteiger charge is 2.34. The highest BCUT2D eigenvalue weighted by Crippen LogP contribution is 2.32. The maximum Gasteiger partial charge on any atom is 0.338 e. The number of hydrogen-bond donors (Lipinski definition) is 3. The Bertz CT molecular complexity index is 1110. The summed E-state index contributed by atoms with van der Waals surface area (Å²) in [5, 5.41) is 8.85. The van der Waals surface area contributed by atoms with Gasteiger partial charge >= 0.3 is 12.0 Å². The average Bonchev–Trinajstić information content (AvgIpc) is 2.80. The third-order valence-electron chi connectivity index (χ3n) is 5.25. The lowest BCUT2D eigenvalue weighted by atomic mass is 9.94. The Morgan fingerprint density at radius 2 is 1.91 bits per heavy atom. The van der Waals surface area contributed by atoms with E-state index in [1.54, 1.807) is 24.3 Å². The van der Waals surface area contributed by atoms with Crippen LogP contribution in [-0.2, 0) is 14.3 Å². The number of halogens is 1. The summed E-state index contributed by atoms with van der Waals surface area (Å²) in [6.07, 6.45) is 0. The monoisotopic (exact) mass is 486 g/mol. The van der Waals surface area contributed by atoms with Crippen LogP contribution in [0.1, 0.15) is 25.5 Å². The predicted octanol–water partition coefficient (Wildman–Crippen LogP) is 4.18. The Balaban J connectivity index is 1.85. The molecule has 1 aliphatic rings. The number of benzene rings is 2. The van der Waals surface area contributed by atoms with Crippen LogP contribution in [0.2, 0.25) is 0 Å². The van der Waals surface area contributed by atoms with Crippen molar-refractivity contribution in [3.05, 3.63) is 71.2 Å². The topological polar surface area (TPSA) is 91.9 Å². The molecule has 3 N–H and O–H groups in total. The SMILES string of the molecule is CCN1C(=S)N[C@@H](c2cccc(NC(=O)Nc3ccccc3F)c2)C(C(=O)OCCOC)=C1C. The van der Waals surface area contributed by atoms with Crippen molar-refractivity contribution in [2.45, 2.75) is 19.9 Å². The first-order valence-corrected chi connectivity index (χ1v) is 11.1. The molecule has 0 fully saturated rings. The molecule has 1 atom stereocenters. The minimum atomic E-state index is -0.600. The van der Waals surface area contributed by atoms with Gasteiger partial charge < -0.3 is 30.3 Å². The molecule has 10 heteroatoms. The first kappa shape index (κ1) is 25.1. The molecule has 0 unspecified atom stereocenters. The van der Waals surface area contributed by atoms with Gasteiger partial charge in [0.25, 0.3) is 0 Å². The van der Waals surface area contributed by atoms with E-state index in [2.05, 4.69) is 16.0 Å². The van der Waals surface area contributed by atoms with Crippen LogP contribution in [0.5, 0.6) is 0 Å². The van der Waals surface area contributed by atoms with Crippen molar-refractivity contribution in [1.82, 2.24) is 10.2 Å². The number of methoxy groups -OCH3 is 1. The fourth-order valence-electron chi connectivity index (χ4n) is 3.62. The Hall–Kier alpha value is -3.50. The highest BCUT2D eigenvalue weighted by atomic mass is 32.1. The fraction of sp³-hybridized carbons (Fsp3) is 0.292. The number of ether oxygens (including phenoxy) is 2. The summed E-state index contributed by atoms with van der Waals surface area (Å²) in [4.78, 5) is 27.2. The van der Waals surface area contributed by atoms with E-state index in [4.69, 9.17) is 21.7 Å². The number of nitrogens with one attached hydrogen (secondary N) is 3. The number of esters is 1. The van der Waals surface area contributed by atoms with Crippen molar-refractivity contribution >= 4 is 40.7 Å². The Labute approximate surface area is 203 Å². The van der Waals surface area contributed by atoms with Crippen LogP contribution >= 0.6 is 12.2 Å². The largest absolute Gasteiger partial charge is 0.460 e. The van der Waals surface area contributed by atoms with E-state index in [9.17, 15) is 14.0 Å². The molecule has 1 heterocycles. The van der Waals surface area contributed by atoms with Crippen LogP contribution in [0.15, 0.2) is 59.8 Å². The van der Waals surface area contributed by atoms with Crippen LogP contribution in [-0.4, -0.2) is 48.9 Å². The van der Waals surface area contributed by atoms with Gasteiger partial charge in [0.15, 0.2) is 5.11 Å². The number of amides is 2. The Kier molecular flexibility index (Phi) is 8.55. The Morgan fingerprint density at radius 3 is 2.62 bits per heavy atom. The van der Waals surface area contributed by atoms with Gasteiger partial charge in [-0.3, -0.25) is 0 Å². The summed E-state index contributed by atoms with van der Waals surface area (Å²) in [6, 6.07) is 11.7. The summed E-state index contributed by atoms with van der Waals surface area (Å²) in [5.41, 5.74) is 2.32. The van der Waals surface area contributed by atoms with E-state index in [1.807, 2.05) is 24.8 Å². The van der Waals surface area contributed by atoms with Crippen molar-refractivity contribution < 1.29 is 23.5 Å². The van der Waals surface area contributed by atoms with Gasteiger partial charge in [0.2, 0.25) is 0 Å². The van der Waals surface area contributed by atoms with Crippen LogP contribution in [0.4, 0.5) is 20.6 Å². The van der Waals surface area contributed by atoms with Crippen LogP contribution in [0.25, 0.3) is 0 Å². The van der Waals surface area contributed by atoms with E-state index in [1.165, 1.54) is 25.3 Å². The molecule has 1 aliphatic heterocycles. The maximum atomic E-state index is 13.8. The number of rotatable bonds is 8. The third-order valence-corrected chi connectivity index (χ3v) is 5.59. The van der Waals surface area contributed by atoms with E-state index in [0.717, 1.165) is 0 Å². The molecular formula is C24H27FN4O4S. The standard InChI is InChI=1S/C24H27FN4O4S/c1-4-29-15(2)20(22(30)33-13-12-32-3)21(28-24(29)34)16-8-7-9-17(14-16)26-23(31)27-19-11-6-5-10-18(19)25/h5-11,14,21H,4,12-13H2,1-3H3,(H,28,34)(H2,26,27,31)/t21-/m0/s1. The summed E-state index contributed by atoms with van der Waals surface area (Å²) in [7, 11) is 1.53. The molecule has 2 amide bonds. The minimum Gasteiger partial charge on any atom is -0.460 e. The van der Waals surface area contributed by atoms with Gasteiger partial charge in [-0.1, -0.05) is 24.3 Å². The van der Waals surface area contributed by atoms with Gasteiger partial charge in [-0.15, -0.1) is 0 Å². The van der Waals surface area contributed by atoms with E-state index in [-0.39, 0.29) is 18.9 Å². The van der Waals surface area contributed by atoms with Crippen LogP contribution < -0.4 is 16.0 Å². The summed E-state index contributed by atoms with van der Waals surface area (Å²) >= 11 is 5.51. The molecule has 34 heavy (non-hydrogen) atoms. The molecule has 0 aromatic heterocycles. The zero-order valence-electron chi connectivity index (χ0n) is 19.2. The number of carbonyl (C=O) groups is 2. The normalized spacial score (nSPS) is 15.6. The molecule has 0 saturated heterocycles. The quantitative estimate of drug-likeness (QED) is 0.293. The number of anilines is 2. The Morgan fingerprint density at radius 1 is 1.15 bits per heavy atom. The second-order valence-electron chi connectivity index (χ2n) is 7.44. The molecule has 0 saturated carbocycles. The third kappa shape index (κ3) is 5.89. The van der Waals surface area contributed by atoms with Gasteiger partial charge in [-0.05, 0) is 55.9 Å². The second-order valence-corrected chi connectivity index (χ2v) is 7.83. The van der Waals surface area contributed by atoms with Crippen molar-refractivity contribution in [2.75, 3.05) is 37.5 Å². The number of urea groups is 1. The van der Waals surface area contributed by atoms with Crippen molar-refractivity contribution in [2.24, 2.45) is 0 Å². The molecule has 2 aromatic rings. The molecule has 2 aromatic carbocycles. The number of para-hydroxylation sites is 1. The average molecular weight is 487 g/mol. The summed E-state index contributed by atoms with van der Waals surface area (Å²) < 4.78 is 24.2. The molecule has 180 valence electrons. The number of hydrogen-bond acceptors (Lipinski definition) is 5. The molecule has 8 nitrogen and oxygen atoms in total. The lowest BCUT2D eigenvalue weighted by molar-refractivity contribution is -0.140. The predicted molar refractivity (Wildman–Crippen MR) is 132 cm³/mol. The minimum absolute atomic E-state index is 0.0646. The summed E-state index contributed by atoms with van der Waals surface area (Å²) in [6.45, 7) is 4.73. The van der Waals surface area contributed by atoms with Crippen LogP contribution in [0.3, 0.4) is 0 Å². The maximum absolute atomic E-state index is 13.8. The van der Waals surface area contributed by atoms with E-state index < -0.39 is 23.9 Å². The van der Waals surface area contributed by atoms with Crippen molar-refractivity contribution in [1.29, 1.82) is 0 Å². The zero-order valence-corrected chi connectivity index (χ0v) is 20.0. The number of thiocarbonyl (C=S) groups is 1.